The summed E-state index contributed by atoms with van der Waals surface area (Å²) < 4.78 is 0. The van der Waals surface area contributed by atoms with E-state index >= 15 is 0 Å². The van der Waals surface area contributed by atoms with E-state index in [0.717, 1.165) is 6.33 Å². The van der Waals surface area contributed by atoms with E-state index < -0.39 is 11.8 Å². The number of nitriles is 1. The Labute approximate surface area is 66.7 Å². The van der Waals surface area contributed by atoms with Crippen molar-refractivity contribution >= 4 is 11.9 Å². The predicted molar refractivity (Wildman–Crippen MR) is 36.0 cm³/mol. The van der Waals surface area contributed by atoms with Crippen LogP contribution in [0.15, 0.2) is 6.33 Å². The van der Waals surface area contributed by atoms with Gasteiger partial charge in [-0.25, -0.2) is 14.8 Å². The van der Waals surface area contributed by atoms with Crippen LogP contribution in [-0.2, 0) is 0 Å². The number of hydrogen-bond acceptors (Lipinski definition) is 6. The molecule has 2 N–H and O–H groups in total. The van der Waals surface area contributed by atoms with E-state index in [2.05, 4.69) is 20.3 Å². The normalized spacial score (nSPS) is 8.58. The highest BCUT2D eigenvalue weighted by atomic mass is 16.4. The standard InChI is InChI=1S/C5H3N5O2/c6-1-7-5-9-2-8-3(10-5)4(11)12/h2H,(H,11,12)(H,7,8,9,10). The van der Waals surface area contributed by atoms with Crippen LogP contribution in [0.25, 0.3) is 0 Å². The number of carboxylic acids is 1. The molecule has 0 aliphatic carbocycles. The highest BCUT2D eigenvalue weighted by Crippen LogP contribution is 1.95. The average Bonchev–Trinajstić information content (AvgIpc) is 2.05. The summed E-state index contributed by atoms with van der Waals surface area (Å²) in [6, 6.07) is 0. The first kappa shape index (κ1) is 7.87. The number of nitrogens with one attached hydrogen (secondary N) is 1. The lowest BCUT2D eigenvalue weighted by Gasteiger charge is -1.94. The van der Waals surface area contributed by atoms with Crippen molar-refractivity contribution < 1.29 is 9.90 Å². The zero-order chi connectivity index (χ0) is 8.97. The van der Waals surface area contributed by atoms with Crippen molar-refractivity contribution in [2.75, 3.05) is 5.32 Å². The van der Waals surface area contributed by atoms with Crippen molar-refractivity contribution in [2.45, 2.75) is 0 Å². The predicted octanol–water partition coefficient (Wildman–Crippen LogP) is -0.537. The lowest BCUT2D eigenvalue weighted by atomic mass is 10.6. The third-order valence-corrected chi connectivity index (χ3v) is 0.931. The molecule has 0 aromatic carbocycles. The molecule has 0 aliphatic heterocycles. The smallest absolute Gasteiger partial charge is 0.374 e. The minimum Gasteiger partial charge on any atom is -0.475 e. The third-order valence-electron chi connectivity index (χ3n) is 0.931. The van der Waals surface area contributed by atoms with Gasteiger partial charge in [0.05, 0.1) is 0 Å². The van der Waals surface area contributed by atoms with E-state index in [-0.39, 0.29) is 5.95 Å². The van der Waals surface area contributed by atoms with Gasteiger partial charge in [-0.15, -0.1) is 0 Å². The van der Waals surface area contributed by atoms with Gasteiger partial charge >= 0.3 is 5.97 Å². The minimum atomic E-state index is -1.27. The van der Waals surface area contributed by atoms with Gasteiger partial charge in [0.15, 0.2) is 6.19 Å². The van der Waals surface area contributed by atoms with E-state index in [1.807, 2.05) is 0 Å². The van der Waals surface area contributed by atoms with Gasteiger partial charge in [-0.1, -0.05) is 0 Å². The van der Waals surface area contributed by atoms with Crippen molar-refractivity contribution in [1.82, 2.24) is 15.0 Å². The average molecular weight is 165 g/mol. The molecule has 0 radical (unpaired) electrons. The Morgan fingerprint density at radius 3 is 3.00 bits per heavy atom. The maximum Gasteiger partial charge on any atom is 0.374 e. The van der Waals surface area contributed by atoms with Crippen LogP contribution < -0.4 is 5.32 Å². The van der Waals surface area contributed by atoms with E-state index in [0.29, 0.717) is 0 Å². The van der Waals surface area contributed by atoms with Gasteiger partial charge in [-0.05, 0) is 0 Å². The molecule has 0 amide bonds. The quantitative estimate of drug-likeness (QED) is 0.447. The monoisotopic (exact) mass is 165 g/mol. The van der Waals surface area contributed by atoms with Gasteiger partial charge in [0, 0.05) is 0 Å². The maximum atomic E-state index is 10.3. The van der Waals surface area contributed by atoms with Crippen molar-refractivity contribution in [3.05, 3.63) is 12.2 Å². The van der Waals surface area contributed by atoms with Gasteiger partial charge in [-0.2, -0.15) is 10.2 Å². The molecule has 0 atom stereocenters. The molecule has 0 aliphatic rings. The Bertz CT molecular complexity index is 344. The molecule has 0 saturated carbocycles. The lowest BCUT2D eigenvalue weighted by Crippen LogP contribution is -2.07. The van der Waals surface area contributed by atoms with Crippen LogP contribution in [0.1, 0.15) is 10.6 Å². The van der Waals surface area contributed by atoms with E-state index in [9.17, 15) is 4.79 Å². The van der Waals surface area contributed by atoms with E-state index in [1.54, 1.807) is 6.19 Å². The second-order valence-electron chi connectivity index (χ2n) is 1.67. The zero-order valence-corrected chi connectivity index (χ0v) is 5.72. The molecular weight excluding hydrogens is 162 g/mol. The summed E-state index contributed by atoms with van der Waals surface area (Å²) in [5.74, 6) is -1.74. The van der Waals surface area contributed by atoms with Crippen LogP contribution in [-0.4, -0.2) is 26.0 Å². The van der Waals surface area contributed by atoms with Crippen molar-refractivity contribution in [1.29, 1.82) is 5.26 Å². The van der Waals surface area contributed by atoms with Crippen LogP contribution in [0.5, 0.6) is 0 Å². The number of carboxylic acid groups (broad SMARTS) is 1. The Morgan fingerprint density at radius 2 is 2.42 bits per heavy atom. The Hall–Kier alpha value is -2.23. The second-order valence-corrected chi connectivity index (χ2v) is 1.67. The van der Waals surface area contributed by atoms with Gasteiger partial charge in [-0.3, -0.25) is 5.32 Å². The number of hydrogen-bond donors (Lipinski definition) is 2. The molecule has 0 fully saturated rings. The number of aromatic nitrogens is 3. The number of rotatable bonds is 2. The number of aromatic carboxylic acids is 1. The molecule has 1 aromatic heterocycles. The summed E-state index contributed by atoms with van der Waals surface area (Å²) in [6.45, 7) is 0. The Morgan fingerprint density at radius 1 is 1.67 bits per heavy atom. The molecule has 60 valence electrons. The van der Waals surface area contributed by atoms with Crippen LogP contribution in [0, 0.1) is 11.5 Å². The summed E-state index contributed by atoms with van der Waals surface area (Å²) >= 11 is 0. The molecule has 0 saturated heterocycles. The summed E-state index contributed by atoms with van der Waals surface area (Å²) in [6.07, 6.45) is 2.56. The summed E-state index contributed by atoms with van der Waals surface area (Å²) in [4.78, 5) is 20.5. The second kappa shape index (κ2) is 3.25. The Balaban J connectivity index is 2.97. The molecule has 0 unspecified atom stereocenters. The van der Waals surface area contributed by atoms with Crippen LogP contribution >= 0.6 is 0 Å². The SMILES string of the molecule is N#CNc1ncnc(C(=O)O)n1. The first-order valence-corrected chi connectivity index (χ1v) is 2.81. The maximum absolute atomic E-state index is 10.3. The molecule has 1 aromatic rings. The fraction of sp³-hybridized carbons (Fsp3) is 0. The molecule has 1 rings (SSSR count). The van der Waals surface area contributed by atoms with Crippen molar-refractivity contribution in [3.63, 3.8) is 0 Å². The fourth-order valence-corrected chi connectivity index (χ4v) is 0.510. The lowest BCUT2D eigenvalue weighted by molar-refractivity contribution is 0.0683. The van der Waals surface area contributed by atoms with E-state index in [1.165, 1.54) is 0 Å². The van der Waals surface area contributed by atoms with Gasteiger partial charge < -0.3 is 5.11 Å². The highest BCUT2D eigenvalue weighted by molar-refractivity contribution is 5.83. The third kappa shape index (κ3) is 1.63. The topological polar surface area (TPSA) is 112 Å². The summed E-state index contributed by atoms with van der Waals surface area (Å²) in [7, 11) is 0. The van der Waals surface area contributed by atoms with E-state index in [4.69, 9.17) is 10.4 Å². The van der Waals surface area contributed by atoms with Gasteiger partial charge in [0.2, 0.25) is 11.8 Å². The van der Waals surface area contributed by atoms with Gasteiger partial charge in [0.1, 0.15) is 6.33 Å². The highest BCUT2D eigenvalue weighted by Gasteiger charge is 2.06. The largest absolute Gasteiger partial charge is 0.475 e. The first-order chi connectivity index (χ1) is 5.74. The summed E-state index contributed by atoms with van der Waals surface area (Å²) in [5.41, 5.74) is 0. The summed E-state index contributed by atoms with van der Waals surface area (Å²) in [5, 5.41) is 18.6. The minimum absolute atomic E-state index is 0.0788. The van der Waals surface area contributed by atoms with Crippen LogP contribution in [0.3, 0.4) is 0 Å². The van der Waals surface area contributed by atoms with Crippen molar-refractivity contribution in [2.24, 2.45) is 0 Å². The molecule has 12 heavy (non-hydrogen) atoms. The number of anilines is 1. The van der Waals surface area contributed by atoms with Crippen LogP contribution in [0.4, 0.5) is 5.95 Å². The fourth-order valence-electron chi connectivity index (χ4n) is 0.510. The van der Waals surface area contributed by atoms with Crippen LogP contribution in [0.2, 0.25) is 0 Å². The molecule has 0 spiro atoms. The molecule has 1 heterocycles. The zero-order valence-electron chi connectivity index (χ0n) is 5.72. The Kier molecular flexibility index (Phi) is 2.13. The first-order valence-electron chi connectivity index (χ1n) is 2.81. The molecule has 0 bridgehead atoms. The number of nitrogens with zero attached hydrogens (tertiary/aromatic N) is 4. The molecule has 7 heteroatoms. The number of carbonyl (C=O) groups is 1. The molecular formula is C5H3N5O2. The molecule has 7 nitrogen and oxygen atoms in total. The van der Waals surface area contributed by atoms with Crippen molar-refractivity contribution in [3.8, 4) is 6.19 Å². The van der Waals surface area contributed by atoms with Gasteiger partial charge in [0.25, 0.3) is 0 Å².